The molecular weight excluding hydrogens is 490 g/mol. The summed E-state index contributed by atoms with van der Waals surface area (Å²) in [4.78, 5) is 0. The van der Waals surface area contributed by atoms with Crippen molar-refractivity contribution in [1.29, 1.82) is 0 Å². The van der Waals surface area contributed by atoms with Gasteiger partial charge in [0, 0.05) is 31.1 Å². The second-order valence-electron chi connectivity index (χ2n) is 10.6. The predicted octanol–water partition coefficient (Wildman–Crippen LogP) is 5.08. The molecule has 0 saturated heterocycles. The Hall–Kier alpha value is 0.310. The largest absolute Gasteiger partial charge is 1.00 e. The van der Waals surface area contributed by atoms with Crippen LogP contribution in [0.3, 0.4) is 0 Å². The van der Waals surface area contributed by atoms with E-state index in [2.05, 4.69) is 38.7 Å². The van der Waals surface area contributed by atoms with E-state index < -0.39 is 0 Å². The molecule has 0 aliphatic carbocycles. The van der Waals surface area contributed by atoms with E-state index >= 15 is 0 Å². The first-order valence-corrected chi connectivity index (χ1v) is 15.1. The predicted molar refractivity (Wildman–Crippen MR) is 147 cm³/mol. The van der Waals surface area contributed by atoms with Crippen molar-refractivity contribution in [2.24, 2.45) is 5.92 Å². The molecule has 0 aromatic carbocycles. The molecule has 0 aromatic rings. The number of rotatable bonds is 25. The standard InChI is InChI=1S/C29H58NOS.BrH/c1-5-7-8-9-10-11-12-13-14-15-16-17-18-19-20-21-26-32-28-29(23-6-2)27-30(3,4)24-22-25-31;/h2,29,31H,5,7-28H2,1,3-4H3;1H/q+1;/p-1. The molecule has 4 heteroatoms. The minimum Gasteiger partial charge on any atom is -1.00 e. The van der Waals surface area contributed by atoms with Crippen LogP contribution >= 0.6 is 11.8 Å². The lowest BCUT2D eigenvalue weighted by atomic mass is 10.0. The van der Waals surface area contributed by atoms with E-state index in [0.717, 1.165) is 30.4 Å². The number of halogens is 1. The number of nitrogens with zero attached hydrogens (tertiary/aromatic N) is 1. The van der Waals surface area contributed by atoms with Crippen LogP contribution in [0.25, 0.3) is 0 Å². The molecular formula is C29H58BrNOS. The van der Waals surface area contributed by atoms with Gasteiger partial charge in [-0.25, -0.2) is 0 Å². The highest BCUT2D eigenvalue weighted by Gasteiger charge is 2.21. The highest BCUT2D eigenvalue weighted by molar-refractivity contribution is 7.99. The Balaban J connectivity index is 0. The average molecular weight is 549 g/mol. The van der Waals surface area contributed by atoms with Gasteiger partial charge in [-0.1, -0.05) is 103 Å². The molecule has 1 atom stereocenters. The Morgan fingerprint density at radius 2 is 1.21 bits per heavy atom. The molecule has 0 aromatic heterocycles. The summed E-state index contributed by atoms with van der Waals surface area (Å²) in [5.41, 5.74) is 0. The van der Waals surface area contributed by atoms with Gasteiger partial charge >= 0.3 is 0 Å². The Morgan fingerprint density at radius 3 is 1.64 bits per heavy atom. The fourth-order valence-electron chi connectivity index (χ4n) is 4.63. The van der Waals surface area contributed by atoms with E-state index in [9.17, 15) is 0 Å². The summed E-state index contributed by atoms with van der Waals surface area (Å²) >= 11 is 2.10. The van der Waals surface area contributed by atoms with Crippen molar-refractivity contribution >= 4 is 11.8 Å². The number of aliphatic hydroxyl groups excluding tert-OH is 1. The number of terminal acetylenes is 1. The van der Waals surface area contributed by atoms with Crippen molar-refractivity contribution in [3.63, 3.8) is 0 Å². The van der Waals surface area contributed by atoms with Gasteiger partial charge in [0.1, 0.15) is 0 Å². The first-order valence-electron chi connectivity index (χ1n) is 14.0. The van der Waals surface area contributed by atoms with E-state index in [-0.39, 0.29) is 23.6 Å². The average Bonchev–Trinajstić information content (AvgIpc) is 2.76. The highest BCUT2D eigenvalue weighted by Crippen LogP contribution is 2.19. The molecule has 2 nitrogen and oxygen atoms in total. The van der Waals surface area contributed by atoms with E-state index in [1.807, 2.05) is 0 Å². The van der Waals surface area contributed by atoms with Gasteiger partial charge < -0.3 is 26.6 Å². The van der Waals surface area contributed by atoms with Crippen molar-refractivity contribution in [1.82, 2.24) is 0 Å². The molecule has 0 amide bonds. The second-order valence-corrected chi connectivity index (χ2v) is 11.7. The van der Waals surface area contributed by atoms with Gasteiger partial charge in [-0.3, -0.25) is 0 Å². The normalized spacial score (nSPS) is 12.3. The minimum atomic E-state index is 0. The fraction of sp³-hybridized carbons (Fsp3) is 0.931. The van der Waals surface area contributed by atoms with Crippen molar-refractivity contribution in [2.75, 3.05) is 45.3 Å². The molecule has 0 aliphatic heterocycles. The summed E-state index contributed by atoms with van der Waals surface area (Å²) in [7, 11) is 4.53. The van der Waals surface area contributed by atoms with E-state index in [1.54, 1.807) is 0 Å². The summed E-state index contributed by atoms with van der Waals surface area (Å²) in [6, 6.07) is 0. The molecule has 1 unspecified atom stereocenters. The minimum absolute atomic E-state index is 0. The summed E-state index contributed by atoms with van der Waals surface area (Å²) in [6.45, 7) is 4.73. The topological polar surface area (TPSA) is 20.2 Å². The molecule has 0 saturated carbocycles. The molecule has 0 rings (SSSR count). The number of aliphatic hydroxyl groups is 1. The highest BCUT2D eigenvalue weighted by atomic mass is 79.9. The molecule has 0 radical (unpaired) electrons. The van der Waals surface area contributed by atoms with Crippen molar-refractivity contribution in [3.05, 3.63) is 0 Å². The maximum atomic E-state index is 9.09. The summed E-state index contributed by atoms with van der Waals surface area (Å²) in [5.74, 6) is 5.95. The molecule has 33 heavy (non-hydrogen) atoms. The van der Waals surface area contributed by atoms with Gasteiger partial charge in [0.05, 0.1) is 27.2 Å². The molecule has 0 spiro atoms. The molecule has 0 bridgehead atoms. The zero-order valence-electron chi connectivity index (χ0n) is 22.6. The van der Waals surface area contributed by atoms with Gasteiger partial charge in [0.15, 0.2) is 0 Å². The van der Waals surface area contributed by atoms with Crippen LogP contribution < -0.4 is 17.0 Å². The Kier molecular flexibility index (Phi) is 28.9. The second kappa shape index (κ2) is 26.9. The first-order chi connectivity index (χ1) is 15.6. The van der Waals surface area contributed by atoms with Crippen molar-refractivity contribution in [2.45, 2.75) is 122 Å². The van der Waals surface area contributed by atoms with Gasteiger partial charge in [-0.2, -0.15) is 11.8 Å². The van der Waals surface area contributed by atoms with Gasteiger partial charge in [-0.05, 0) is 12.2 Å². The van der Waals surface area contributed by atoms with Gasteiger partial charge in [-0.15, -0.1) is 12.3 Å². The number of hydrogen-bond donors (Lipinski definition) is 1. The molecule has 0 aliphatic rings. The van der Waals surface area contributed by atoms with Crippen LogP contribution in [0.15, 0.2) is 0 Å². The lowest BCUT2D eigenvalue weighted by Gasteiger charge is -2.33. The Bertz CT molecular complexity index is 424. The van der Waals surface area contributed by atoms with Crippen LogP contribution in [0.2, 0.25) is 0 Å². The van der Waals surface area contributed by atoms with Crippen LogP contribution in [0.1, 0.15) is 122 Å². The monoisotopic (exact) mass is 547 g/mol. The zero-order valence-corrected chi connectivity index (χ0v) is 25.0. The van der Waals surface area contributed by atoms with Gasteiger partial charge in [0.2, 0.25) is 0 Å². The van der Waals surface area contributed by atoms with E-state index in [0.29, 0.717) is 5.92 Å². The maximum absolute atomic E-state index is 9.09. The Morgan fingerprint density at radius 1 is 0.758 bits per heavy atom. The summed E-state index contributed by atoms with van der Waals surface area (Å²) < 4.78 is 0.965. The van der Waals surface area contributed by atoms with Crippen LogP contribution in [0, 0.1) is 18.3 Å². The SMILES string of the molecule is C#CCC(CSCCCCCCCCCCCCCCCCCC)C[N+](C)(C)CCCO.[Br-]. The van der Waals surface area contributed by atoms with E-state index in [1.165, 1.54) is 114 Å². The zero-order chi connectivity index (χ0) is 23.8. The number of thioether (sulfide) groups is 1. The third kappa shape index (κ3) is 26.8. The number of unbranched alkanes of at least 4 members (excludes halogenated alkanes) is 15. The number of hydrogen-bond acceptors (Lipinski definition) is 2. The Labute approximate surface area is 223 Å². The van der Waals surface area contributed by atoms with Crippen LogP contribution in [-0.2, 0) is 0 Å². The molecule has 198 valence electrons. The maximum Gasteiger partial charge on any atom is 0.0828 e. The third-order valence-corrected chi connectivity index (χ3v) is 7.86. The fourth-order valence-corrected chi connectivity index (χ4v) is 5.77. The van der Waals surface area contributed by atoms with Gasteiger partial charge in [0.25, 0.3) is 0 Å². The molecule has 0 fully saturated rings. The van der Waals surface area contributed by atoms with Crippen molar-refractivity contribution < 1.29 is 26.6 Å². The lowest BCUT2D eigenvalue weighted by Crippen LogP contribution is -3.00. The number of quaternary nitrogens is 1. The van der Waals surface area contributed by atoms with E-state index in [4.69, 9.17) is 11.5 Å². The lowest BCUT2D eigenvalue weighted by molar-refractivity contribution is -0.893. The first kappa shape index (κ1) is 35.5. The smallest absolute Gasteiger partial charge is 0.0828 e. The molecule has 0 heterocycles. The molecule has 1 N–H and O–H groups in total. The third-order valence-electron chi connectivity index (χ3n) is 6.58. The quantitative estimate of drug-likeness (QED) is 0.0975. The van der Waals surface area contributed by atoms with Crippen molar-refractivity contribution in [3.8, 4) is 12.3 Å². The van der Waals surface area contributed by atoms with Crippen LogP contribution in [0.5, 0.6) is 0 Å². The van der Waals surface area contributed by atoms with Crippen LogP contribution in [-0.4, -0.2) is 54.9 Å². The summed E-state index contributed by atoms with van der Waals surface area (Å²) in [6.07, 6.45) is 30.3. The summed E-state index contributed by atoms with van der Waals surface area (Å²) in [5, 5.41) is 9.09. The van der Waals surface area contributed by atoms with Crippen LogP contribution in [0.4, 0.5) is 0 Å².